The first-order valence-corrected chi connectivity index (χ1v) is 14.2. The molecule has 2 aromatic heterocycles. The molecule has 6 rings (SSSR count). The second kappa shape index (κ2) is 10.5. The fraction of sp³-hybridized carbons (Fsp3) is 0.303. The monoisotopic (exact) mass is 582 g/mol. The standard InChI is InChI=1S/C33H31FN4O5/c1-32(31(35)41)17-43-29-23(32)16-26(38-28(29)18-7-9-22(34)10-8-18)33(2,42)12-11-25(39)21-14-20-4-3-13-36-27(20)24(15-21)37-30(40)19-5-6-19/h3-4,7-10,13-16,19,42H,5-6,11-12,17H2,1-2H3,(H2,35,41)(H,37,40)/t32-,33-/m0/s1. The number of carbonyl (C=O) groups excluding carboxylic acids is 3. The van der Waals surface area contributed by atoms with Gasteiger partial charge in [-0.15, -0.1) is 0 Å². The van der Waals surface area contributed by atoms with Gasteiger partial charge in [0, 0.05) is 40.6 Å². The number of amides is 2. The van der Waals surface area contributed by atoms with Crippen LogP contribution in [0.3, 0.4) is 0 Å². The van der Waals surface area contributed by atoms with Gasteiger partial charge >= 0.3 is 0 Å². The predicted octanol–water partition coefficient (Wildman–Crippen LogP) is 4.79. The van der Waals surface area contributed by atoms with E-state index in [0.29, 0.717) is 44.7 Å². The molecule has 2 aliphatic rings. The zero-order valence-corrected chi connectivity index (χ0v) is 23.8. The Bertz CT molecular complexity index is 1780. The van der Waals surface area contributed by atoms with Gasteiger partial charge in [0.15, 0.2) is 5.78 Å². The number of hydrogen-bond donors (Lipinski definition) is 3. The number of ether oxygens (including phenoxy) is 1. The Balaban J connectivity index is 1.31. The summed E-state index contributed by atoms with van der Waals surface area (Å²) in [6.45, 7) is 3.20. The summed E-state index contributed by atoms with van der Waals surface area (Å²) in [5.41, 5.74) is 5.98. The third kappa shape index (κ3) is 5.34. The van der Waals surface area contributed by atoms with E-state index in [1.54, 1.807) is 44.3 Å². The van der Waals surface area contributed by atoms with Gasteiger partial charge in [-0.1, -0.05) is 6.07 Å². The molecule has 1 aliphatic carbocycles. The fourth-order valence-corrected chi connectivity index (χ4v) is 5.32. The molecule has 2 amide bonds. The van der Waals surface area contributed by atoms with Crippen LogP contribution in [0.5, 0.6) is 5.75 Å². The molecular weight excluding hydrogens is 551 g/mol. The number of aromatic nitrogens is 2. The van der Waals surface area contributed by atoms with E-state index in [1.807, 2.05) is 6.07 Å². The largest absolute Gasteiger partial charge is 0.489 e. The molecule has 2 atom stereocenters. The van der Waals surface area contributed by atoms with Crippen LogP contribution in [-0.4, -0.2) is 39.3 Å². The summed E-state index contributed by atoms with van der Waals surface area (Å²) in [5, 5.41) is 15.3. The highest BCUT2D eigenvalue weighted by Crippen LogP contribution is 2.46. The van der Waals surface area contributed by atoms with Gasteiger partial charge in [-0.3, -0.25) is 19.4 Å². The molecule has 10 heteroatoms. The highest BCUT2D eigenvalue weighted by molar-refractivity contribution is 6.07. The molecule has 1 saturated carbocycles. The van der Waals surface area contributed by atoms with Crippen LogP contribution < -0.4 is 15.8 Å². The van der Waals surface area contributed by atoms with Crippen molar-refractivity contribution < 1.29 is 28.6 Å². The molecule has 2 aromatic carbocycles. The molecule has 0 unspecified atom stereocenters. The first kappa shape index (κ1) is 28.4. The van der Waals surface area contributed by atoms with Crippen molar-refractivity contribution in [3.63, 3.8) is 0 Å². The van der Waals surface area contributed by atoms with E-state index >= 15 is 0 Å². The lowest BCUT2D eigenvalue weighted by Crippen LogP contribution is -2.40. The smallest absolute Gasteiger partial charge is 0.231 e. The second-order valence-corrected chi connectivity index (χ2v) is 11.8. The first-order chi connectivity index (χ1) is 20.5. The Morgan fingerprint density at radius 1 is 1.16 bits per heavy atom. The molecule has 4 N–H and O–H groups in total. The highest BCUT2D eigenvalue weighted by atomic mass is 19.1. The van der Waals surface area contributed by atoms with E-state index in [0.717, 1.165) is 12.8 Å². The minimum Gasteiger partial charge on any atom is -0.489 e. The summed E-state index contributed by atoms with van der Waals surface area (Å²) in [4.78, 5) is 47.5. The maximum atomic E-state index is 13.7. The number of nitrogens with zero attached hydrogens (tertiary/aromatic N) is 2. The molecule has 0 saturated heterocycles. The van der Waals surface area contributed by atoms with Gasteiger partial charge in [0.2, 0.25) is 11.8 Å². The van der Waals surface area contributed by atoms with Gasteiger partial charge in [-0.25, -0.2) is 9.37 Å². The van der Waals surface area contributed by atoms with Crippen LogP contribution in [0.4, 0.5) is 10.1 Å². The number of ketones is 1. The Kier molecular flexibility index (Phi) is 6.96. The number of nitrogens with one attached hydrogen (secondary N) is 1. The SMILES string of the molecule is C[C@](O)(CCC(=O)c1cc(NC(=O)C2CC2)c2ncccc2c1)c1cc2c(c(-c3ccc(F)cc3)n1)OC[C@]2(C)C(N)=O. The minimum absolute atomic E-state index is 0.00344. The first-order valence-electron chi connectivity index (χ1n) is 14.2. The zero-order valence-electron chi connectivity index (χ0n) is 23.8. The van der Waals surface area contributed by atoms with E-state index in [1.165, 1.54) is 24.3 Å². The molecular formula is C33H31FN4O5. The molecule has 0 bridgehead atoms. The van der Waals surface area contributed by atoms with Crippen LogP contribution in [0.2, 0.25) is 0 Å². The number of nitrogens with two attached hydrogens (primary N) is 1. The van der Waals surface area contributed by atoms with Crippen LogP contribution in [-0.2, 0) is 20.6 Å². The van der Waals surface area contributed by atoms with Gasteiger partial charge in [0.25, 0.3) is 0 Å². The van der Waals surface area contributed by atoms with Crippen LogP contribution >= 0.6 is 0 Å². The zero-order chi connectivity index (χ0) is 30.5. The maximum Gasteiger partial charge on any atom is 0.231 e. The molecule has 220 valence electrons. The summed E-state index contributed by atoms with van der Waals surface area (Å²) >= 11 is 0. The lowest BCUT2D eigenvalue weighted by Gasteiger charge is -2.26. The number of halogens is 1. The number of rotatable bonds is 9. The number of aliphatic hydroxyl groups is 1. The van der Waals surface area contributed by atoms with Crippen molar-refractivity contribution in [2.24, 2.45) is 11.7 Å². The van der Waals surface area contributed by atoms with Gasteiger partial charge in [0.05, 0.1) is 16.9 Å². The maximum absolute atomic E-state index is 13.7. The van der Waals surface area contributed by atoms with Crippen molar-refractivity contribution in [1.29, 1.82) is 0 Å². The quantitative estimate of drug-likeness (QED) is 0.241. The number of hydrogen-bond acceptors (Lipinski definition) is 7. The summed E-state index contributed by atoms with van der Waals surface area (Å²) in [6, 6.07) is 14.2. The number of Topliss-reactive ketones (excluding diaryl/α,β-unsaturated/α-hetero) is 1. The Hall–Kier alpha value is -4.70. The van der Waals surface area contributed by atoms with Gasteiger partial charge in [-0.2, -0.15) is 0 Å². The lowest BCUT2D eigenvalue weighted by atomic mass is 9.81. The van der Waals surface area contributed by atoms with Gasteiger partial charge in [-0.05, 0) is 81.6 Å². The molecule has 1 fully saturated rings. The number of fused-ring (bicyclic) bond motifs is 2. The molecule has 43 heavy (non-hydrogen) atoms. The minimum atomic E-state index is -1.60. The number of benzene rings is 2. The van der Waals surface area contributed by atoms with Crippen molar-refractivity contribution in [2.45, 2.75) is 50.5 Å². The van der Waals surface area contributed by atoms with E-state index in [9.17, 15) is 23.9 Å². The van der Waals surface area contributed by atoms with Crippen molar-refractivity contribution in [3.8, 4) is 17.0 Å². The Morgan fingerprint density at radius 3 is 2.60 bits per heavy atom. The normalized spacial score (nSPS) is 18.9. The summed E-state index contributed by atoms with van der Waals surface area (Å²) < 4.78 is 19.6. The number of carbonyl (C=O) groups is 3. The van der Waals surface area contributed by atoms with E-state index in [2.05, 4.69) is 15.3 Å². The van der Waals surface area contributed by atoms with Crippen molar-refractivity contribution in [1.82, 2.24) is 9.97 Å². The van der Waals surface area contributed by atoms with Gasteiger partial charge in [0.1, 0.15) is 34.9 Å². The Morgan fingerprint density at radius 2 is 1.91 bits per heavy atom. The van der Waals surface area contributed by atoms with E-state index < -0.39 is 22.7 Å². The van der Waals surface area contributed by atoms with Crippen molar-refractivity contribution in [2.75, 3.05) is 11.9 Å². The molecule has 0 radical (unpaired) electrons. The molecule has 3 heterocycles. The average Bonchev–Trinajstić information content (AvgIpc) is 3.79. The summed E-state index contributed by atoms with van der Waals surface area (Å²) in [6.07, 6.45) is 3.28. The highest BCUT2D eigenvalue weighted by Gasteiger charge is 2.45. The van der Waals surface area contributed by atoms with Crippen molar-refractivity contribution >= 4 is 34.2 Å². The van der Waals surface area contributed by atoms with E-state index in [4.69, 9.17) is 10.5 Å². The molecule has 1 aliphatic heterocycles. The fourth-order valence-electron chi connectivity index (χ4n) is 5.32. The van der Waals surface area contributed by atoms with Crippen LogP contribution in [0.25, 0.3) is 22.2 Å². The van der Waals surface area contributed by atoms with Crippen LogP contribution in [0.15, 0.2) is 60.8 Å². The molecule has 4 aromatic rings. The van der Waals surface area contributed by atoms with Crippen molar-refractivity contribution in [3.05, 3.63) is 83.4 Å². The molecule has 0 spiro atoms. The number of pyridine rings is 2. The van der Waals surface area contributed by atoms with Crippen LogP contribution in [0.1, 0.15) is 61.1 Å². The summed E-state index contributed by atoms with van der Waals surface area (Å²) in [7, 11) is 0. The number of primary amides is 1. The summed E-state index contributed by atoms with van der Waals surface area (Å²) in [5.74, 6) is -1.03. The van der Waals surface area contributed by atoms with E-state index in [-0.39, 0.29) is 42.8 Å². The second-order valence-electron chi connectivity index (χ2n) is 11.8. The third-order valence-electron chi connectivity index (χ3n) is 8.36. The third-order valence-corrected chi connectivity index (χ3v) is 8.36. The van der Waals surface area contributed by atoms with Gasteiger partial charge < -0.3 is 20.9 Å². The van der Waals surface area contributed by atoms with Crippen LogP contribution in [0, 0.1) is 11.7 Å². The topological polar surface area (TPSA) is 144 Å². The predicted molar refractivity (Wildman–Crippen MR) is 158 cm³/mol. The molecule has 9 nitrogen and oxygen atoms in total. The Labute approximate surface area is 247 Å². The average molecular weight is 583 g/mol. The number of anilines is 1. The lowest BCUT2D eigenvalue weighted by molar-refractivity contribution is -0.123.